The Morgan fingerprint density at radius 3 is 1.83 bits per heavy atom. The van der Waals surface area contributed by atoms with Gasteiger partial charge in [-0.05, 0) is 61.8 Å². The molecule has 0 aromatic heterocycles. The summed E-state index contributed by atoms with van der Waals surface area (Å²) < 4.78 is 0. The van der Waals surface area contributed by atoms with E-state index < -0.39 is 0 Å². The van der Waals surface area contributed by atoms with E-state index in [0.29, 0.717) is 11.3 Å². The minimum absolute atomic E-state index is 0.603. The van der Waals surface area contributed by atoms with Gasteiger partial charge in [-0.2, -0.15) is 0 Å². The summed E-state index contributed by atoms with van der Waals surface area (Å²) in [6.07, 6.45) is 15.2. The molecule has 0 aliphatic carbocycles. The van der Waals surface area contributed by atoms with Gasteiger partial charge in [0.05, 0.1) is 0 Å². The van der Waals surface area contributed by atoms with Crippen molar-refractivity contribution in [3.63, 3.8) is 0 Å². The zero-order chi connectivity index (χ0) is 17.7. The lowest BCUT2D eigenvalue weighted by molar-refractivity contribution is 0.144. The minimum atomic E-state index is 0.603. The van der Waals surface area contributed by atoms with E-state index in [1.54, 1.807) is 0 Å². The smallest absolute Gasteiger partial charge is 0.00515 e. The van der Waals surface area contributed by atoms with E-state index in [9.17, 15) is 0 Å². The topological polar surface area (TPSA) is 26.0 Å². The zero-order valence-corrected chi connectivity index (χ0v) is 17.3. The summed E-state index contributed by atoms with van der Waals surface area (Å²) in [6, 6.07) is 0. The molecule has 0 heterocycles. The SMILES string of the molecule is CCCC(C)CC(CCC(C)CN)CC(CC)(CCC)CCC. The Kier molecular flexibility index (Phi) is 13.3. The molecule has 0 spiro atoms. The molecule has 2 N–H and O–H groups in total. The van der Waals surface area contributed by atoms with Crippen LogP contribution in [-0.2, 0) is 0 Å². The van der Waals surface area contributed by atoms with Crippen molar-refractivity contribution in [3.05, 3.63) is 0 Å². The van der Waals surface area contributed by atoms with Gasteiger partial charge in [-0.15, -0.1) is 0 Å². The molecule has 0 aliphatic heterocycles. The second-order valence-electron chi connectivity index (χ2n) is 8.47. The molecule has 0 bridgehead atoms. The van der Waals surface area contributed by atoms with Gasteiger partial charge in [-0.1, -0.05) is 80.1 Å². The van der Waals surface area contributed by atoms with Crippen molar-refractivity contribution in [3.8, 4) is 0 Å². The third-order valence-corrected chi connectivity index (χ3v) is 6.02. The monoisotopic (exact) mass is 325 g/mol. The summed E-state index contributed by atoms with van der Waals surface area (Å²) in [5.41, 5.74) is 6.46. The number of hydrogen-bond donors (Lipinski definition) is 1. The van der Waals surface area contributed by atoms with Gasteiger partial charge in [-0.25, -0.2) is 0 Å². The van der Waals surface area contributed by atoms with Crippen LogP contribution in [0.2, 0.25) is 0 Å². The van der Waals surface area contributed by atoms with Crippen LogP contribution in [0.5, 0.6) is 0 Å². The van der Waals surface area contributed by atoms with Gasteiger partial charge in [0.15, 0.2) is 0 Å². The molecule has 0 radical (unpaired) electrons. The maximum absolute atomic E-state index is 5.86. The molecule has 0 saturated carbocycles. The van der Waals surface area contributed by atoms with Gasteiger partial charge in [-0.3, -0.25) is 0 Å². The summed E-state index contributed by atoms with van der Waals surface area (Å²) in [7, 11) is 0. The molecular weight excluding hydrogens is 278 g/mol. The van der Waals surface area contributed by atoms with Crippen LogP contribution >= 0.6 is 0 Å². The largest absolute Gasteiger partial charge is 0.330 e. The van der Waals surface area contributed by atoms with Gasteiger partial charge in [0.2, 0.25) is 0 Å². The standard InChI is InChI=1S/C22H47N/c1-7-11-19(5)16-21(13-12-20(6)18-23)17-22(10-4,14-8-2)15-9-3/h19-21H,7-18,23H2,1-6H3. The minimum Gasteiger partial charge on any atom is -0.330 e. The molecule has 1 heteroatoms. The van der Waals surface area contributed by atoms with Crippen LogP contribution in [0.15, 0.2) is 0 Å². The summed E-state index contributed by atoms with van der Waals surface area (Å²) in [6.45, 7) is 15.1. The first-order chi connectivity index (χ1) is 11.0. The highest BCUT2D eigenvalue weighted by Gasteiger charge is 2.30. The van der Waals surface area contributed by atoms with E-state index in [1.807, 2.05) is 0 Å². The van der Waals surface area contributed by atoms with Crippen molar-refractivity contribution in [2.24, 2.45) is 28.9 Å². The maximum atomic E-state index is 5.86. The second-order valence-corrected chi connectivity index (χ2v) is 8.47. The van der Waals surface area contributed by atoms with Crippen LogP contribution in [0, 0.1) is 23.2 Å². The molecule has 3 atom stereocenters. The third-order valence-electron chi connectivity index (χ3n) is 6.02. The molecule has 1 nitrogen and oxygen atoms in total. The Labute approximate surface area is 148 Å². The zero-order valence-electron chi connectivity index (χ0n) is 17.3. The predicted octanol–water partition coefficient (Wildman–Crippen LogP) is 7.19. The summed E-state index contributed by atoms with van der Waals surface area (Å²) >= 11 is 0. The highest BCUT2D eigenvalue weighted by Crippen LogP contribution is 2.43. The number of hydrogen-bond acceptors (Lipinski definition) is 1. The first kappa shape index (κ1) is 23.0. The van der Waals surface area contributed by atoms with Crippen molar-refractivity contribution in [1.82, 2.24) is 0 Å². The Morgan fingerprint density at radius 1 is 0.783 bits per heavy atom. The first-order valence-corrected chi connectivity index (χ1v) is 10.7. The molecule has 0 aromatic carbocycles. The molecule has 0 amide bonds. The molecular formula is C22H47N. The highest BCUT2D eigenvalue weighted by molar-refractivity contribution is 4.82. The Bertz CT molecular complexity index is 255. The van der Waals surface area contributed by atoms with Gasteiger partial charge in [0.1, 0.15) is 0 Å². The van der Waals surface area contributed by atoms with E-state index >= 15 is 0 Å². The van der Waals surface area contributed by atoms with Crippen LogP contribution in [0.1, 0.15) is 112 Å². The fourth-order valence-corrected chi connectivity index (χ4v) is 4.62. The van der Waals surface area contributed by atoms with Gasteiger partial charge in [0, 0.05) is 0 Å². The van der Waals surface area contributed by atoms with Crippen molar-refractivity contribution in [2.75, 3.05) is 6.54 Å². The van der Waals surface area contributed by atoms with Crippen LogP contribution in [0.3, 0.4) is 0 Å². The van der Waals surface area contributed by atoms with E-state index in [1.165, 1.54) is 70.6 Å². The molecule has 140 valence electrons. The lowest BCUT2D eigenvalue weighted by Gasteiger charge is -2.37. The lowest BCUT2D eigenvalue weighted by Crippen LogP contribution is -2.25. The van der Waals surface area contributed by atoms with Crippen LogP contribution in [0.25, 0.3) is 0 Å². The van der Waals surface area contributed by atoms with Crippen LogP contribution in [0.4, 0.5) is 0 Å². The van der Waals surface area contributed by atoms with Crippen molar-refractivity contribution < 1.29 is 0 Å². The fourth-order valence-electron chi connectivity index (χ4n) is 4.62. The average molecular weight is 326 g/mol. The molecule has 3 unspecified atom stereocenters. The van der Waals surface area contributed by atoms with Crippen molar-refractivity contribution in [1.29, 1.82) is 0 Å². The second kappa shape index (κ2) is 13.3. The Morgan fingerprint density at radius 2 is 1.39 bits per heavy atom. The molecule has 23 heavy (non-hydrogen) atoms. The van der Waals surface area contributed by atoms with Gasteiger partial charge in [0.25, 0.3) is 0 Å². The highest BCUT2D eigenvalue weighted by atomic mass is 14.5. The molecule has 0 saturated heterocycles. The lowest BCUT2D eigenvalue weighted by atomic mass is 9.68. The normalized spacial score (nSPS) is 16.3. The van der Waals surface area contributed by atoms with Crippen LogP contribution in [-0.4, -0.2) is 6.54 Å². The maximum Gasteiger partial charge on any atom is -0.00515 e. The number of nitrogens with two attached hydrogens (primary N) is 1. The van der Waals surface area contributed by atoms with Gasteiger partial charge < -0.3 is 5.73 Å². The van der Waals surface area contributed by atoms with E-state index in [-0.39, 0.29) is 0 Å². The summed E-state index contributed by atoms with van der Waals surface area (Å²) in [4.78, 5) is 0. The van der Waals surface area contributed by atoms with E-state index in [2.05, 4.69) is 41.5 Å². The summed E-state index contributed by atoms with van der Waals surface area (Å²) in [5, 5.41) is 0. The quantitative estimate of drug-likeness (QED) is 0.339. The number of rotatable bonds is 15. The molecule has 0 aliphatic rings. The third kappa shape index (κ3) is 9.75. The Hall–Kier alpha value is -0.0400. The molecule has 0 rings (SSSR count). The molecule has 0 fully saturated rings. The Balaban J connectivity index is 4.90. The van der Waals surface area contributed by atoms with Crippen molar-refractivity contribution >= 4 is 0 Å². The predicted molar refractivity (Wildman–Crippen MR) is 107 cm³/mol. The summed E-state index contributed by atoms with van der Waals surface area (Å²) in [5.74, 6) is 2.48. The molecule has 0 aromatic rings. The van der Waals surface area contributed by atoms with Crippen LogP contribution < -0.4 is 5.73 Å². The average Bonchev–Trinajstić information content (AvgIpc) is 2.52. The first-order valence-electron chi connectivity index (χ1n) is 10.7. The van der Waals surface area contributed by atoms with Gasteiger partial charge >= 0.3 is 0 Å². The van der Waals surface area contributed by atoms with Crippen molar-refractivity contribution in [2.45, 2.75) is 112 Å². The fraction of sp³-hybridized carbons (Fsp3) is 1.00. The van der Waals surface area contributed by atoms with E-state index in [0.717, 1.165) is 18.4 Å². The van der Waals surface area contributed by atoms with E-state index in [4.69, 9.17) is 5.73 Å².